The van der Waals surface area contributed by atoms with E-state index in [0.29, 0.717) is 22.0 Å². The second-order valence-electron chi connectivity index (χ2n) is 5.29. The van der Waals surface area contributed by atoms with Crippen molar-refractivity contribution in [1.82, 2.24) is 4.98 Å². The van der Waals surface area contributed by atoms with Crippen LogP contribution in [0.25, 0.3) is 10.2 Å². The number of nitrogens with one attached hydrogen (secondary N) is 1. The molecule has 0 aliphatic rings. The highest BCUT2D eigenvalue weighted by Gasteiger charge is 2.19. The molecule has 0 fully saturated rings. The van der Waals surface area contributed by atoms with Crippen LogP contribution in [0, 0.1) is 13.8 Å². The summed E-state index contributed by atoms with van der Waals surface area (Å²) in [6, 6.07) is 9.17. The molecular weight excluding hydrogens is 310 g/mol. The highest BCUT2D eigenvalue weighted by molar-refractivity contribution is 7.21. The summed E-state index contributed by atoms with van der Waals surface area (Å²) in [6.07, 6.45) is 0. The van der Waals surface area contributed by atoms with Gasteiger partial charge in [0.15, 0.2) is 0 Å². The van der Waals surface area contributed by atoms with Gasteiger partial charge in [-0.25, -0.2) is 4.98 Å². The summed E-state index contributed by atoms with van der Waals surface area (Å²) >= 11 is 1.31. The maximum atomic E-state index is 12.6. The van der Waals surface area contributed by atoms with Crippen LogP contribution in [-0.2, 0) is 0 Å². The van der Waals surface area contributed by atoms with Gasteiger partial charge in [-0.1, -0.05) is 6.07 Å². The Morgan fingerprint density at radius 2 is 2.09 bits per heavy atom. The van der Waals surface area contributed by atoms with Crippen molar-refractivity contribution in [3.8, 4) is 5.75 Å². The molecule has 6 heteroatoms. The maximum absolute atomic E-state index is 12.6. The number of anilines is 2. The van der Waals surface area contributed by atoms with E-state index < -0.39 is 0 Å². The van der Waals surface area contributed by atoms with Crippen molar-refractivity contribution in [2.24, 2.45) is 0 Å². The molecule has 0 aliphatic carbocycles. The Balaban J connectivity index is 1.97. The van der Waals surface area contributed by atoms with E-state index in [1.54, 1.807) is 19.2 Å². The van der Waals surface area contributed by atoms with Crippen LogP contribution in [0.3, 0.4) is 0 Å². The first-order valence-corrected chi connectivity index (χ1v) is 7.93. The van der Waals surface area contributed by atoms with Gasteiger partial charge in [-0.15, -0.1) is 11.3 Å². The number of carbonyl (C=O) groups excluding carboxylic acids is 1. The number of pyridine rings is 1. The number of methoxy groups -OCH3 is 1. The molecular formula is C17H17N3O2S. The SMILES string of the molecule is COc1cccc(NC(=O)c2sc3nc(C)cc(C)c3c2N)c1. The van der Waals surface area contributed by atoms with Crippen molar-refractivity contribution in [2.75, 3.05) is 18.2 Å². The number of nitrogens with two attached hydrogens (primary N) is 1. The summed E-state index contributed by atoms with van der Waals surface area (Å²) < 4.78 is 5.16. The number of benzene rings is 1. The van der Waals surface area contributed by atoms with E-state index >= 15 is 0 Å². The van der Waals surface area contributed by atoms with Crippen LogP contribution in [0.5, 0.6) is 5.75 Å². The van der Waals surface area contributed by atoms with Crippen LogP contribution in [0.15, 0.2) is 30.3 Å². The van der Waals surface area contributed by atoms with E-state index in [1.807, 2.05) is 32.0 Å². The summed E-state index contributed by atoms with van der Waals surface area (Å²) in [7, 11) is 1.59. The fourth-order valence-corrected chi connectivity index (χ4v) is 3.64. The Hall–Kier alpha value is -2.60. The number of ether oxygens (including phenoxy) is 1. The number of rotatable bonds is 3. The maximum Gasteiger partial charge on any atom is 0.267 e. The molecule has 0 radical (unpaired) electrons. The fourth-order valence-electron chi connectivity index (χ4n) is 2.53. The van der Waals surface area contributed by atoms with Crippen LogP contribution >= 0.6 is 11.3 Å². The lowest BCUT2D eigenvalue weighted by Gasteiger charge is -2.06. The van der Waals surface area contributed by atoms with Crippen molar-refractivity contribution >= 4 is 38.8 Å². The molecule has 2 heterocycles. The molecule has 0 unspecified atom stereocenters. The molecule has 0 saturated heterocycles. The average molecular weight is 327 g/mol. The quantitative estimate of drug-likeness (QED) is 0.768. The Labute approximate surface area is 138 Å². The number of thiophene rings is 1. The minimum Gasteiger partial charge on any atom is -0.497 e. The second kappa shape index (κ2) is 5.89. The van der Waals surface area contributed by atoms with E-state index in [9.17, 15) is 4.79 Å². The summed E-state index contributed by atoms with van der Waals surface area (Å²) in [5.41, 5.74) is 9.27. The van der Waals surface area contributed by atoms with Crippen LogP contribution < -0.4 is 15.8 Å². The number of amides is 1. The number of carbonyl (C=O) groups is 1. The van der Waals surface area contributed by atoms with Crippen LogP contribution in [0.1, 0.15) is 20.9 Å². The van der Waals surface area contributed by atoms with Gasteiger partial charge in [-0.05, 0) is 37.6 Å². The number of hydrogen-bond acceptors (Lipinski definition) is 5. The smallest absolute Gasteiger partial charge is 0.267 e. The van der Waals surface area contributed by atoms with Crippen LogP contribution in [-0.4, -0.2) is 18.0 Å². The molecule has 0 saturated carbocycles. The monoisotopic (exact) mass is 327 g/mol. The third kappa shape index (κ3) is 2.85. The number of fused-ring (bicyclic) bond motifs is 1. The topological polar surface area (TPSA) is 77.2 Å². The number of aromatic nitrogens is 1. The first kappa shape index (κ1) is 15.3. The number of aryl methyl sites for hydroxylation is 2. The molecule has 3 rings (SSSR count). The zero-order valence-corrected chi connectivity index (χ0v) is 14.0. The molecule has 118 valence electrons. The molecule has 1 amide bonds. The Kier molecular flexibility index (Phi) is 3.92. The molecule has 0 bridgehead atoms. The zero-order valence-electron chi connectivity index (χ0n) is 13.1. The van der Waals surface area contributed by atoms with Crippen molar-refractivity contribution in [2.45, 2.75) is 13.8 Å². The van der Waals surface area contributed by atoms with Crippen LogP contribution in [0.4, 0.5) is 11.4 Å². The molecule has 0 aliphatic heterocycles. The lowest BCUT2D eigenvalue weighted by molar-refractivity contribution is 0.103. The summed E-state index contributed by atoms with van der Waals surface area (Å²) in [6.45, 7) is 3.90. The third-order valence-corrected chi connectivity index (χ3v) is 4.66. The van der Waals surface area contributed by atoms with Gasteiger partial charge >= 0.3 is 0 Å². The molecule has 1 aromatic carbocycles. The first-order chi connectivity index (χ1) is 11.0. The molecule has 0 spiro atoms. The third-order valence-electron chi connectivity index (χ3n) is 3.56. The highest BCUT2D eigenvalue weighted by atomic mass is 32.1. The van der Waals surface area contributed by atoms with Crippen molar-refractivity contribution in [3.63, 3.8) is 0 Å². The van der Waals surface area contributed by atoms with E-state index in [-0.39, 0.29) is 5.91 Å². The summed E-state index contributed by atoms with van der Waals surface area (Å²) in [5, 5.41) is 3.71. The summed E-state index contributed by atoms with van der Waals surface area (Å²) in [4.78, 5) is 18.3. The second-order valence-corrected chi connectivity index (χ2v) is 6.29. The first-order valence-electron chi connectivity index (χ1n) is 7.11. The lowest BCUT2D eigenvalue weighted by Crippen LogP contribution is -2.12. The van der Waals surface area contributed by atoms with Gasteiger partial charge < -0.3 is 15.8 Å². The van der Waals surface area contributed by atoms with Crippen molar-refractivity contribution in [1.29, 1.82) is 0 Å². The van der Waals surface area contributed by atoms with Gasteiger partial charge in [-0.3, -0.25) is 4.79 Å². The molecule has 5 nitrogen and oxygen atoms in total. The molecule has 2 aromatic heterocycles. The van der Waals surface area contributed by atoms with Gasteiger partial charge in [0.1, 0.15) is 15.5 Å². The van der Waals surface area contributed by atoms with Gasteiger partial charge in [0, 0.05) is 22.8 Å². The number of nitrogen functional groups attached to an aromatic ring is 1. The van der Waals surface area contributed by atoms with Crippen molar-refractivity contribution < 1.29 is 9.53 Å². The van der Waals surface area contributed by atoms with E-state index in [1.165, 1.54) is 11.3 Å². The van der Waals surface area contributed by atoms with Gasteiger partial charge in [-0.2, -0.15) is 0 Å². The van der Waals surface area contributed by atoms with E-state index in [2.05, 4.69) is 10.3 Å². The normalized spacial score (nSPS) is 10.7. The van der Waals surface area contributed by atoms with Crippen molar-refractivity contribution in [3.05, 3.63) is 46.5 Å². The Morgan fingerprint density at radius 1 is 1.30 bits per heavy atom. The highest BCUT2D eigenvalue weighted by Crippen LogP contribution is 2.35. The summed E-state index contributed by atoms with van der Waals surface area (Å²) in [5.74, 6) is 0.441. The average Bonchev–Trinajstić information content (AvgIpc) is 2.84. The number of hydrogen-bond donors (Lipinski definition) is 2. The standard InChI is InChI=1S/C17H17N3O2S/c1-9-7-10(2)19-17-13(9)14(18)15(23-17)16(21)20-11-5-4-6-12(8-11)22-3/h4-8H,18H2,1-3H3,(H,20,21). The Morgan fingerprint density at radius 3 is 2.83 bits per heavy atom. The number of nitrogens with zero attached hydrogens (tertiary/aromatic N) is 1. The zero-order chi connectivity index (χ0) is 16.6. The minimum absolute atomic E-state index is 0.240. The molecule has 0 atom stereocenters. The van der Waals surface area contributed by atoms with Gasteiger partial charge in [0.2, 0.25) is 0 Å². The van der Waals surface area contributed by atoms with E-state index in [0.717, 1.165) is 21.5 Å². The van der Waals surface area contributed by atoms with E-state index in [4.69, 9.17) is 10.5 Å². The largest absolute Gasteiger partial charge is 0.497 e. The fraction of sp³-hybridized carbons (Fsp3) is 0.176. The molecule has 23 heavy (non-hydrogen) atoms. The lowest BCUT2D eigenvalue weighted by atomic mass is 10.1. The molecule has 3 N–H and O–H groups in total. The van der Waals surface area contributed by atoms with Gasteiger partial charge in [0.05, 0.1) is 12.8 Å². The van der Waals surface area contributed by atoms with Crippen LogP contribution in [0.2, 0.25) is 0 Å². The predicted molar refractivity (Wildman–Crippen MR) is 94.5 cm³/mol. The minimum atomic E-state index is -0.240. The molecule has 3 aromatic rings. The Bertz CT molecular complexity index is 902. The van der Waals surface area contributed by atoms with Gasteiger partial charge in [0.25, 0.3) is 5.91 Å². The predicted octanol–water partition coefficient (Wildman–Crippen LogP) is 3.76.